The molecule has 0 amide bonds. The van der Waals surface area contributed by atoms with E-state index in [-0.39, 0.29) is 0 Å². The van der Waals surface area contributed by atoms with E-state index < -0.39 is 6.16 Å². The van der Waals surface area contributed by atoms with Gasteiger partial charge in [-0.15, -0.1) is 0 Å². The number of carbonyl (C=O) groups is 1. The lowest BCUT2D eigenvalue weighted by Crippen LogP contribution is -2.09. The van der Waals surface area contributed by atoms with Gasteiger partial charge in [-0.3, -0.25) is 0 Å². The minimum absolute atomic E-state index is 0.475. The number of carbonyl (C=O) groups excluding carboxylic acids is 1. The van der Waals surface area contributed by atoms with Crippen molar-refractivity contribution < 1.29 is 14.3 Å². The molecule has 0 unspecified atom stereocenters. The van der Waals surface area contributed by atoms with Gasteiger partial charge < -0.3 is 9.47 Å². The van der Waals surface area contributed by atoms with Crippen LogP contribution in [0.25, 0.3) is 0 Å². The van der Waals surface area contributed by atoms with E-state index in [0.717, 1.165) is 25.7 Å². The van der Waals surface area contributed by atoms with Crippen LogP contribution in [0, 0.1) is 0 Å². The molecule has 3 nitrogen and oxygen atoms in total. The van der Waals surface area contributed by atoms with Crippen molar-refractivity contribution in [2.75, 3.05) is 13.2 Å². The van der Waals surface area contributed by atoms with Gasteiger partial charge in [0.2, 0.25) is 0 Å². The van der Waals surface area contributed by atoms with Crippen LogP contribution < -0.4 is 0 Å². The zero-order valence-electron chi connectivity index (χ0n) is 22.8. The van der Waals surface area contributed by atoms with Crippen molar-refractivity contribution in [3.8, 4) is 0 Å². The molecular formula is C30H60O3. The zero-order valence-corrected chi connectivity index (χ0v) is 22.8. The number of unbranched alkanes of at least 4 members (excludes halogenated alkanes) is 23. The molecule has 198 valence electrons. The molecule has 0 bridgehead atoms. The van der Waals surface area contributed by atoms with Gasteiger partial charge in [0, 0.05) is 0 Å². The second-order valence-electron chi connectivity index (χ2n) is 10.1. The van der Waals surface area contributed by atoms with Crippen LogP contribution in [0.15, 0.2) is 0 Å². The van der Waals surface area contributed by atoms with Gasteiger partial charge in [-0.2, -0.15) is 0 Å². The fourth-order valence-electron chi connectivity index (χ4n) is 4.42. The second kappa shape index (κ2) is 29.3. The fraction of sp³-hybridized carbons (Fsp3) is 0.967. The standard InChI is InChI=1S/C30H60O3/c1-3-5-7-9-11-13-15-17-19-21-23-25-27-29-33-30(31)32-28-26-24-22-20-18-16-14-12-10-8-6-4-2/h3-29H2,1-2H3. The number of rotatable bonds is 27. The Kier molecular flexibility index (Phi) is 28.7. The second-order valence-corrected chi connectivity index (χ2v) is 10.1. The van der Waals surface area contributed by atoms with Crippen LogP contribution in [0.3, 0.4) is 0 Å². The molecule has 0 saturated carbocycles. The van der Waals surface area contributed by atoms with Gasteiger partial charge in [0.05, 0.1) is 13.2 Å². The summed E-state index contributed by atoms with van der Waals surface area (Å²) in [6.45, 7) is 5.57. The van der Waals surface area contributed by atoms with E-state index in [1.54, 1.807) is 0 Å². The molecule has 33 heavy (non-hydrogen) atoms. The maximum atomic E-state index is 11.6. The van der Waals surface area contributed by atoms with E-state index >= 15 is 0 Å². The highest BCUT2D eigenvalue weighted by molar-refractivity contribution is 5.59. The highest BCUT2D eigenvalue weighted by Crippen LogP contribution is 2.13. The maximum Gasteiger partial charge on any atom is 0.508 e. The third kappa shape index (κ3) is 29.2. The molecule has 0 aliphatic heterocycles. The first kappa shape index (κ1) is 32.3. The van der Waals surface area contributed by atoms with Crippen molar-refractivity contribution >= 4 is 6.16 Å². The Balaban J connectivity index is 3.14. The van der Waals surface area contributed by atoms with Crippen LogP contribution in [-0.2, 0) is 9.47 Å². The summed E-state index contributed by atoms with van der Waals surface area (Å²) < 4.78 is 10.4. The fourth-order valence-corrected chi connectivity index (χ4v) is 4.42. The lowest BCUT2D eigenvalue weighted by Gasteiger charge is -2.07. The van der Waals surface area contributed by atoms with Crippen LogP contribution in [0.4, 0.5) is 4.79 Å². The van der Waals surface area contributed by atoms with Crippen LogP contribution in [-0.4, -0.2) is 19.4 Å². The Bertz CT molecular complexity index is 370. The molecule has 0 aromatic carbocycles. The minimum Gasteiger partial charge on any atom is -0.434 e. The monoisotopic (exact) mass is 468 g/mol. The number of ether oxygens (including phenoxy) is 2. The Hall–Kier alpha value is -0.730. The van der Waals surface area contributed by atoms with Crippen LogP contribution in [0.5, 0.6) is 0 Å². The van der Waals surface area contributed by atoms with E-state index in [4.69, 9.17) is 9.47 Å². The average Bonchev–Trinajstić information content (AvgIpc) is 2.82. The van der Waals surface area contributed by atoms with Gasteiger partial charge in [0.15, 0.2) is 0 Å². The predicted octanol–water partition coefficient (Wildman–Crippen LogP) is 10.9. The van der Waals surface area contributed by atoms with Gasteiger partial charge in [-0.1, -0.05) is 162 Å². The highest BCUT2D eigenvalue weighted by Gasteiger charge is 2.03. The maximum absolute atomic E-state index is 11.6. The van der Waals surface area contributed by atoms with Crippen LogP contribution in [0.2, 0.25) is 0 Å². The molecule has 0 N–H and O–H groups in total. The minimum atomic E-state index is -0.475. The Morgan fingerprint density at radius 3 is 0.818 bits per heavy atom. The Morgan fingerprint density at radius 2 is 0.576 bits per heavy atom. The molecule has 3 heteroatoms. The molecule has 0 fully saturated rings. The summed E-state index contributed by atoms with van der Waals surface area (Å²) in [5.74, 6) is 0. The quantitative estimate of drug-likeness (QED) is 0.0888. The van der Waals surface area contributed by atoms with E-state index in [0.29, 0.717) is 13.2 Å². The zero-order chi connectivity index (χ0) is 24.1. The SMILES string of the molecule is CCCCCCCCCCCCCCCOC(=O)OCCCCCCCCCCCCCC. The molecule has 0 aliphatic rings. The average molecular weight is 469 g/mol. The van der Waals surface area contributed by atoms with Crippen molar-refractivity contribution in [2.45, 2.75) is 174 Å². The molecule has 0 aromatic rings. The molecule has 0 saturated heterocycles. The summed E-state index contributed by atoms with van der Waals surface area (Å²) in [6, 6.07) is 0. The topological polar surface area (TPSA) is 35.5 Å². The van der Waals surface area contributed by atoms with E-state index in [1.807, 2.05) is 0 Å². The molecule has 0 heterocycles. The molecule has 0 rings (SSSR count). The van der Waals surface area contributed by atoms with E-state index in [2.05, 4.69) is 13.8 Å². The molecule has 0 aromatic heterocycles. The summed E-state index contributed by atoms with van der Waals surface area (Å²) in [7, 11) is 0. The molecule has 0 aliphatic carbocycles. The van der Waals surface area contributed by atoms with Crippen molar-refractivity contribution in [1.29, 1.82) is 0 Å². The van der Waals surface area contributed by atoms with Gasteiger partial charge in [-0.05, 0) is 12.8 Å². The highest BCUT2D eigenvalue weighted by atomic mass is 16.7. The first-order valence-corrected chi connectivity index (χ1v) is 15.1. The molecule has 0 atom stereocenters. The molecular weight excluding hydrogens is 408 g/mol. The number of hydrogen-bond acceptors (Lipinski definition) is 3. The first-order chi connectivity index (χ1) is 16.3. The largest absolute Gasteiger partial charge is 0.508 e. The Labute approximate surface area is 208 Å². The van der Waals surface area contributed by atoms with Gasteiger partial charge >= 0.3 is 6.16 Å². The van der Waals surface area contributed by atoms with Crippen molar-refractivity contribution in [2.24, 2.45) is 0 Å². The third-order valence-corrected chi connectivity index (χ3v) is 6.69. The molecule has 0 radical (unpaired) electrons. The summed E-state index contributed by atoms with van der Waals surface area (Å²) >= 11 is 0. The first-order valence-electron chi connectivity index (χ1n) is 15.1. The third-order valence-electron chi connectivity index (χ3n) is 6.69. The predicted molar refractivity (Wildman–Crippen MR) is 144 cm³/mol. The van der Waals surface area contributed by atoms with Crippen molar-refractivity contribution in [3.05, 3.63) is 0 Å². The van der Waals surface area contributed by atoms with Crippen molar-refractivity contribution in [1.82, 2.24) is 0 Å². The van der Waals surface area contributed by atoms with E-state index in [1.165, 1.54) is 135 Å². The van der Waals surface area contributed by atoms with Crippen LogP contribution >= 0.6 is 0 Å². The number of hydrogen-bond donors (Lipinski definition) is 0. The summed E-state index contributed by atoms with van der Waals surface area (Å²) in [4.78, 5) is 11.6. The van der Waals surface area contributed by atoms with Gasteiger partial charge in [-0.25, -0.2) is 4.79 Å². The van der Waals surface area contributed by atoms with E-state index in [9.17, 15) is 4.79 Å². The summed E-state index contributed by atoms with van der Waals surface area (Å²) in [5, 5.41) is 0. The van der Waals surface area contributed by atoms with Gasteiger partial charge in [0.1, 0.15) is 0 Å². The summed E-state index contributed by atoms with van der Waals surface area (Å²) in [6.07, 6.45) is 32.6. The van der Waals surface area contributed by atoms with Crippen LogP contribution in [0.1, 0.15) is 174 Å². The normalized spacial score (nSPS) is 11.1. The molecule has 0 spiro atoms. The van der Waals surface area contributed by atoms with Gasteiger partial charge in [0.25, 0.3) is 0 Å². The Morgan fingerprint density at radius 1 is 0.364 bits per heavy atom. The lowest BCUT2D eigenvalue weighted by molar-refractivity contribution is 0.0529. The lowest BCUT2D eigenvalue weighted by atomic mass is 10.0. The van der Waals surface area contributed by atoms with Crippen molar-refractivity contribution in [3.63, 3.8) is 0 Å². The summed E-state index contributed by atoms with van der Waals surface area (Å²) in [5.41, 5.74) is 0. The smallest absolute Gasteiger partial charge is 0.434 e.